The molecule has 1 aliphatic heterocycles. The maximum Gasteiger partial charge on any atom is 0.168 e. The van der Waals surface area contributed by atoms with Gasteiger partial charge in [-0.1, -0.05) is 15.9 Å². The molecular formula is C10H17BrO3. The molecule has 2 aliphatic rings. The Balaban J connectivity index is 1.74. The van der Waals surface area contributed by atoms with E-state index in [9.17, 15) is 0 Å². The number of ether oxygens (including phenoxy) is 3. The highest BCUT2D eigenvalue weighted by Crippen LogP contribution is 2.36. The van der Waals surface area contributed by atoms with Gasteiger partial charge in [-0.25, -0.2) is 0 Å². The van der Waals surface area contributed by atoms with Crippen LogP contribution in [-0.2, 0) is 14.2 Å². The molecule has 0 radical (unpaired) electrons. The van der Waals surface area contributed by atoms with Crippen LogP contribution in [0.4, 0.5) is 0 Å². The Bertz CT molecular complexity index is 170. The smallest absolute Gasteiger partial charge is 0.168 e. The number of hydrogen-bond acceptors (Lipinski definition) is 3. The quantitative estimate of drug-likeness (QED) is 0.731. The number of rotatable bonds is 3. The summed E-state index contributed by atoms with van der Waals surface area (Å²) in [5.41, 5.74) is 0. The zero-order valence-corrected chi connectivity index (χ0v) is 9.92. The highest BCUT2D eigenvalue weighted by Gasteiger charge is 2.40. The van der Waals surface area contributed by atoms with E-state index in [-0.39, 0.29) is 5.79 Å². The Hall–Kier alpha value is 0.360. The van der Waals surface area contributed by atoms with E-state index in [0.717, 1.165) is 50.8 Å². The molecule has 0 atom stereocenters. The van der Waals surface area contributed by atoms with Gasteiger partial charge in [-0.05, 0) is 12.8 Å². The van der Waals surface area contributed by atoms with Gasteiger partial charge in [0.1, 0.15) is 0 Å². The molecular weight excluding hydrogens is 248 g/mol. The molecule has 1 aliphatic carbocycles. The molecule has 4 heteroatoms. The molecule has 82 valence electrons. The lowest BCUT2D eigenvalue weighted by atomic mass is 9.92. The molecule has 1 heterocycles. The van der Waals surface area contributed by atoms with Crippen molar-refractivity contribution in [1.29, 1.82) is 0 Å². The third-order valence-electron chi connectivity index (χ3n) is 2.94. The fourth-order valence-corrected chi connectivity index (χ4v) is 2.38. The van der Waals surface area contributed by atoms with Crippen LogP contribution in [-0.4, -0.2) is 37.0 Å². The van der Waals surface area contributed by atoms with Crippen molar-refractivity contribution in [3.8, 4) is 0 Å². The van der Waals surface area contributed by atoms with Crippen molar-refractivity contribution < 1.29 is 14.2 Å². The standard InChI is InChI=1S/C10H17BrO3/c11-5-6-12-9-1-3-10(4-2-9)13-7-8-14-10/h9H,1-8H2. The molecule has 1 saturated heterocycles. The molecule has 2 rings (SSSR count). The van der Waals surface area contributed by atoms with Crippen LogP contribution in [0.15, 0.2) is 0 Å². The minimum Gasteiger partial charge on any atom is -0.377 e. The van der Waals surface area contributed by atoms with Crippen molar-refractivity contribution in [2.24, 2.45) is 0 Å². The van der Waals surface area contributed by atoms with Gasteiger partial charge in [0, 0.05) is 18.2 Å². The molecule has 2 fully saturated rings. The normalized spacial score (nSPS) is 27.2. The molecule has 3 nitrogen and oxygen atoms in total. The van der Waals surface area contributed by atoms with Gasteiger partial charge in [-0.2, -0.15) is 0 Å². The Kier molecular flexibility index (Phi) is 3.82. The fraction of sp³-hybridized carbons (Fsp3) is 1.00. The summed E-state index contributed by atoms with van der Waals surface area (Å²) >= 11 is 3.36. The van der Waals surface area contributed by atoms with E-state index in [0.29, 0.717) is 6.10 Å². The van der Waals surface area contributed by atoms with E-state index < -0.39 is 0 Å². The van der Waals surface area contributed by atoms with Gasteiger partial charge in [-0.15, -0.1) is 0 Å². The second kappa shape index (κ2) is 4.92. The lowest BCUT2D eigenvalue weighted by Gasteiger charge is -2.35. The zero-order valence-electron chi connectivity index (χ0n) is 8.34. The fourth-order valence-electron chi connectivity index (χ4n) is 2.19. The molecule has 0 unspecified atom stereocenters. The third kappa shape index (κ3) is 2.48. The van der Waals surface area contributed by atoms with E-state index >= 15 is 0 Å². The lowest BCUT2D eigenvalue weighted by Crippen LogP contribution is -2.37. The van der Waals surface area contributed by atoms with Crippen molar-refractivity contribution in [3.63, 3.8) is 0 Å². The monoisotopic (exact) mass is 264 g/mol. The highest BCUT2D eigenvalue weighted by atomic mass is 79.9. The van der Waals surface area contributed by atoms with E-state index in [1.165, 1.54) is 0 Å². The van der Waals surface area contributed by atoms with Crippen LogP contribution in [0.2, 0.25) is 0 Å². The van der Waals surface area contributed by atoms with E-state index in [4.69, 9.17) is 14.2 Å². The molecule has 14 heavy (non-hydrogen) atoms. The summed E-state index contributed by atoms with van der Waals surface area (Å²) in [5.74, 6) is -0.242. The van der Waals surface area contributed by atoms with Gasteiger partial charge in [0.2, 0.25) is 0 Å². The molecule has 0 bridgehead atoms. The van der Waals surface area contributed by atoms with Gasteiger partial charge < -0.3 is 14.2 Å². The van der Waals surface area contributed by atoms with E-state index in [1.54, 1.807) is 0 Å². The molecule has 0 N–H and O–H groups in total. The van der Waals surface area contributed by atoms with Gasteiger partial charge in [0.25, 0.3) is 0 Å². The first-order chi connectivity index (χ1) is 6.85. The third-order valence-corrected chi connectivity index (χ3v) is 3.26. The van der Waals surface area contributed by atoms with Crippen molar-refractivity contribution in [2.75, 3.05) is 25.2 Å². The van der Waals surface area contributed by atoms with Crippen LogP contribution in [0.1, 0.15) is 25.7 Å². The summed E-state index contributed by atoms with van der Waals surface area (Å²) in [6.45, 7) is 2.32. The summed E-state index contributed by atoms with van der Waals surface area (Å²) in [6.07, 6.45) is 4.51. The van der Waals surface area contributed by atoms with Crippen molar-refractivity contribution >= 4 is 15.9 Å². The first kappa shape index (κ1) is 10.9. The van der Waals surface area contributed by atoms with Crippen molar-refractivity contribution in [2.45, 2.75) is 37.6 Å². The Morgan fingerprint density at radius 3 is 2.43 bits per heavy atom. The zero-order chi connectivity index (χ0) is 9.86. The predicted octanol–water partition coefficient (Wildman–Crippen LogP) is 2.08. The average Bonchev–Trinajstić information content (AvgIpc) is 2.66. The maximum absolute atomic E-state index is 5.68. The summed E-state index contributed by atoms with van der Waals surface area (Å²) in [6, 6.07) is 0. The van der Waals surface area contributed by atoms with Gasteiger partial charge >= 0.3 is 0 Å². The van der Waals surface area contributed by atoms with E-state index in [2.05, 4.69) is 15.9 Å². The number of halogens is 1. The van der Waals surface area contributed by atoms with Crippen LogP contribution < -0.4 is 0 Å². The molecule has 0 amide bonds. The minimum atomic E-state index is -0.242. The Labute approximate surface area is 93.2 Å². The van der Waals surface area contributed by atoms with Crippen LogP contribution in [0.5, 0.6) is 0 Å². The molecule has 0 aromatic rings. The Morgan fingerprint density at radius 1 is 1.21 bits per heavy atom. The maximum atomic E-state index is 5.68. The summed E-state index contributed by atoms with van der Waals surface area (Å²) in [7, 11) is 0. The SMILES string of the molecule is BrCCOC1CCC2(CC1)OCCO2. The molecule has 0 aromatic carbocycles. The second-order valence-corrected chi connectivity index (χ2v) is 4.66. The summed E-state index contributed by atoms with van der Waals surface area (Å²) in [5, 5.41) is 0.918. The van der Waals surface area contributed by atoms with Crippen LogP contribution in [0.3, 0.4) is 0 Å². The first-order valence-electron chi connectivity index (χ1n) is 5.30. The van der Waals surface area contributed by atoms with Gasteiger partial charge in [0.15, 0.2) is 5.79 Å². The lowest BCUT2D eigenvalue weighted by molar-refractivity contribution is -0.191. The van der Waals surface area contributed by atoms with Crippen LogP contribution in [0.25, 0.3) is 0 Å². The van der Waals surface area contributed by atoms with Gasteiger partial charge in [-0.3, -0.25) is 0 Å². The predicted molar refractivity (Wildman–Crippen MR) is 56.6 cm³/mol. The summed E-state index contributed by atoms with van der Waals surface area (Å²) < 4.78 is 17.0. The second-order valence-electron chi connectivity index (χ2n) is 3.87. The minimum absolute atomic E-state index is 0.242. The van der Waals surface area contributed by atoms with Gasteiger partial charge in [0.05, 0.1) is 25.9 Å². The number of hydrogen-bond donors (Lipinski definition) is 0. The first-order valence-corrected chi connectivity index (χ1v) is 6.42. The molecule has 1 spiro atoms. The summed E-state index contributed by atoms with van der Waals surface area (Å²) in [4.78, 5) is 0. The van der Waals surface area contributed by atoms with Crippen LogP contribution >= 0.6 is 15.9 Å². The average molecular weight is 265 g/mol. The Morgan fingerprint density at radius 2 is 1.86 bits per heavy atom. The van der Waals surface area contributed by atoms with Crippen LogP contribution in [0, 0.1) is 0 Å². The highest BCUT2D eigenvalue weighted by molar-refractivity contribution is 9.09. The van der Waals surface area contributed by atoms with Crippen molar-refractivity contribution in [1.82, 2.24) is 0 Å². The van der Waals surface area contributed by atoms with Crippen molar-refractivity contribution in [3.05, 3.63) is 0 Å². The number of alkyl halides is 1. The largest absolute Gasteiger partial charge is 0.377 e. The molecule has 0 aromatic heterocycles. The molecule has 1 saturated carbocycles. The topological polar surface area (TPSA) is 27.7 Å². The van der Waals surface area contributed by atoms with E-state index in [1.807, 2.05) is 0 Å².